The molecule has 10 N–H and O–H groups in total. The third kappa shape index (κ3) is 6.72. The predicted molar refractivity (Wildman–Crippen MR) is 163 cm³/mol. The van der Waals surface area contributed by atoms with Gasteiger partial charge in [-0.05, 0) is 44.5 Å². The molecule has 2 saturated heterocycles. The van der Waals surface area contributed by atoms with Crippen molar-refractivity contribution in [2.45, 2.75) is 81.7 Å². The summed E-state index contributed by atoms with van der Waals surface area (Å²) in [4.78, 5) is 13.4. The molecule has 0 spiro atoms. The highest BCUT2D eigenvalue weighted by Gasteiger charge is 2.51. The Labute approximate surface area is 272 Å². The minimum absolute atomic E-state index is 0.0245. The minimum atomic E-state index is -1.90. The van der Waals surface area contributed by atoms with Crippen molar-refractivity contribution in [1.82, 2.24) is 0 Å². The van der Waals surface area contributed by atoms with Gasteiger partial charge in [0.2, 0.25) is 17.5 Å². The van der Waals surface area contributed by atoms with Gasteiger partial charge in [-0.1, -0.05) is 11.6 Å². The number of phenolic OH excluding ortho intramolecular Hbond substituents is 2. The fourth-order valence-electron chi connectivity index (χ4n) is 5.54. The number of rotatable bonds is 9. The van der Waals surface area contributed by atoms with Gasteiger partial charge in [-0.3, -0.25) is 4.79 Å². The monoisotopic (exact) mass is 678 g/mol. The Bertz CT molecular complexity index is 1680. The average molecular weight is 679 g/mol. The van der Waals surface area contributed by atoms with E-state index < -0.39 is 91.6 Å². The van der Waals surface area contributed by atoms with Gasteiger partial charge in [-0.15, -0.1) is 0 Å². The number of aliphatic hydroxyl groups is 7. The first-order valence-corrected chi connectivity index (χ1v) is 15.0. The third-order valence-electron chi connectivity index (χ3n) is 8.24. The van der Waals surface area contributed by atoms with Crippen LogP contribution in [-0.4, -0.2) is 126 Å². The Balaban J connectivity index is 1.62. The maximum Gasteiger partial charge on any atom is 0.238 e. The second-order valence-electron chi connectivity index (χ2n) is 11.8. The van der Waals surface area contributed by atoms with Crippen LogP contribution in [-0.2, 0) is 20.6 Å². The summed E-state index contributed by atoms with van der Waals surface area (Å²) in [6, 6.07) is 6.45. The second-order valence-corrected chi connectivity index (χ2v) is 11.8. The Kier molecular flexibility index (Phi) is 10.6. The van der Waals surface area contributed by atoms with Gasteiger partial charge in [-0.2, -0.15) is 0 Å². The largest absolute Gasteiger partial charge is 0.508 e. The van der Waals surface area contributed by atoms with E-state index in [1.54, 1.807) is 19.9 Å². The Morgan fingerprint density at radius 1 is 0.833 bits per heavy atom. The number of aliphatic hydroxyl groups excluding tert-OH is 7. The summed E-state index contributed by atoms with van der Waals surface area (Å²) >= 11 is 0. The van der Waals surface area contributed by atoms with Crippen molar-refractivity contribution in [3.63, 3.8) is 0 Å². The lowest BCUT2D eigenvalue weighted by atomic mass is 9.97. The summed E-state index contributed by atoms with van der Waals surface area (Å²) in [5.74, 6) is -2.03. The summed E-state index contributed by atoms with van der Waals surface area (Å²) in [7, 11) is 0. The minimum Gasteiger partial charge on any atom is -0.508 e. The summed E-state index contributed by atoms with van der Waals surface area (Å²) in [6.45, 7) is 2.03. The molecule has 16 nitrogen and oxygen atoms in total. The van der Waals surface area contributed by atoms with Crippen LogP contribution in [0.25, 0.3) is 22.3 Å². The molecular formula is C32H38O16. The maximum atomic E-state index is 13.4. The van der Waals surface area contributed by atoms with E-state index in [2.05, 4.69) is 0 Å². The van der Waals surface area contributed by atoms with E-state index in [9.17, 15) is 55.9 Å². The van der Waals surface area contributed by atoms with Crippen LogP contribution in [0.5, 0.6) is 23.0 Å². The molecule has 2 aromatic carbocycles. The number of phenols is 2. The molecule has 5 rings (SSSR count). The molecule has 10 atom stereocenters. The number of benzene rings is 2. The van der Waals surface area contributed by atoms with Crippen molar-refractivity contribution in [3.8, 4) is 34.3 Å². The van der Waals surface area contributed by atoms with Gasteiger partial charge >= 0.3 is 0 Å². The number of ether oxygens (including phenoxy) is 4. The summed E-state index contributed by atoms with van der Waals surface area (Å²) in [5.41, 5.74) is 0.0271. The van der Waals surface area contributed by atoms with Crippen molar-refractivity contribution in [2.75, 3.05) is 13.2 Å². The van der Waals surface area contributed by atoms with Crippen molar-refractivity contribution in [2.24, 2.45) is 0 Å². The summed E-state index contributed by atoms with van der Waals surface area (Å²) in [6.07, 6.45) is -15.4. The van der Waals surface area contributed by atoms with Gasteiger partial charge < -0.3 is 74.4 Å². The highest BCUT2D eigenvalue weighted by Crippen LogP contribution is 2.41. The Morgan fingerprint density at radius 2 is 1.44 bits per heavy atom. The molecular weight excluding hydrogens is 640 g/mol. The number of hydrogen-bond acceptors (Lipinski definition) is 16. The van der Waals surface area contributed by atoms with E-state index >= 15 is 0 Å². The molecule has 0 saturated carbocycles. The smallest absolute Gasteiger partial charge is 0.238 e. The van der Waals surface area contributed by atoms with Crippen molar-refractivity contribution < 1.29 is 74.4 Å². The normalized spacial score (nSPS) is 30.7. The van der Waals surface area contributed by atoms with Gasteiger partial charge in [0.25, 0.3) is 0 Å². The quantitative estimate of drug-likeness (QED) is 0.123. The van der Waals surface area contributed by atoms with Crippen LogP contribution in [0.2, 0.25) is 0 Å². The lowest BCUT2D eigenvalue weighted by Crippen LogP contribution is -2.65. The highest BCUT2D eigenvalue weighted by atomic mass is 16.8. The first-order chi connectivity index (χ1) is 22.8. The molecule has 2 aliphatic heterocycles. The third-order valence-corrected chi connectivity index (χ3v) is 8.24. The number of allylic oxidation sites excluding steroid dienone is 2. The van der Waals surface area contributed by atoms with Crippen LogP contribution in [0.15, 0.2) is 51.2 Å². The molecule has 16 heteroatoms. The molecule has 0 radical (unpaired) electrons. The summed E-state index contributed by atoms with van der Waals surface area (Å²) < 4.78 is 29.0. The fourth-order valence-corrected chi connectivity index (χ4v) is 5.54. The van der Waals surface area contributed by atoms with Crippen molar-refractivity contribution >= 4 is 11.0 Å². The number of fused-ring (bicyclic) bond motifs is 1. The molecule has 0 amide bonds. The maximum absolute atomic E-state index is 13.4. The van der Waals surface area contributed by atoms with Crippen LogP contribution in [0.4, 0.5) is 0 Å². The Morgan fingerprint density at radius 3 is 2.04 bits per heavy atom. The fraction of sp³-hybridized carbons (Fsp3) is 0.469. The molecule has 0 unspecified atom stereocenters. The lowest BCUT2D eigenvalue weighted by Gasteiger charge is -2.45. The van der Waals surface area contributed by atoms with E-state index in [1.165, 1.54) is 24.3 Å². The van der Waals surface area contributed by atoms with Crippen molar-refractivity contribution in [1.29, 1.82) is 0 Å². The standard InChI is InChI=1S/C32H38O16/c1-12(2)3-8-15-17(9-16(36)20-23(39)26(42)28(47-29(15)20)13-4-6-14(35)7-5-13)44-32-30(25(41)22(38)19(11-34)46-32)48-31-27(43)24(40)21(37)18(10-33)45-31/h3-7,9,18-19,21-22,24-25,27,30-38,40-43H,8,10-11H2,1-2H3/t18-,19-,21-,22-,24+,25+,27-,30-,31+,32-/m1/s1. The first kappa shape index (κ1) is 35.5. The SMILES string of the molecule is CC(C)=CCc1c(O[C@@H]2O[C@H](CO)[C@@H](O)[C@H](O)[C@H]2O[C@@H]2O[C@H](CO)[C@@H](O)[C@H](O)[C@H]2O)cc(O)c2c(=O)c(O)c(-c3ccc(O)cc3)oc12. The van der Waals surface area contributed by atoms with Crippen LogP contribution >= 0.6 is 0 Å². The summed E-state index contributed by atoms with van der Waals surface area (Å²) in [5, 5.41) is 103. The van der Waals surface area contributed by atoms with E-state index in [1.807, 2.05) is 0 Å². The number of aromatic hydroxyl groups is 3. The molecule has 3 aromatic rings. The molecule has 3 heterocycles. The molecule has 262 valence electrons. The lowest BCUT2D eigenvalue weighted by molar-refractivity contribution is -0.357. The van der Waals surface area contributed by atoms with Crippen molar-refractivity contribution in [3.05, 3.63) is 57.8 Å². The average Bonchev–Trinajstić information content (AvgIpc) is 3.05. The molecule has 0 aliphatic carbocycles. The van der Waals surface area contributed by atoms with Crippen LogP contribution in [0.1, 0.15) is 19.4 Å². The predicted octanol–water partition coefficient (Wildman–Crippen LogP) is -0.912. The first-order valence-electron chi connectivity index (χ1n) is 15.0. The Hall–Kier alpha value is -3.81. The van der Waals surface area contributed by atoms with E-state index in [0.717, 1.165) is 11.6 Å². The van der Waals surface area contributed by atoms with Gasteiger partial charge in [0.15, 0.2) is 18.2 Å². The molecule has 48 heavy (non-hydrogen) atoms. The topological polar surface area (TPSA) is 269 Å². The zero-order valence-corrected chi connectivity index (χ0v) is 25.8. The van der Waals surface area contributed by atoms with Gasteiger partial charge in [0.05, 0.1) is 13.2 Å². The van der Waals surface area contributed by atoms with Gasteiger partial charge in [0.1, 0.15) is 70.9 Å². The zero-order valence-electron chi connectivity index (χ0n) is 25.8. The van der Waals surface area contributed by atoms with E-state index in [4.69, 9.17) is 23.4 Å². The zero-order chi connectivity index (χ0) is 35.0. The second kappa shape index (κ2) is 14.4. The van der Waals surface area contributed by atoms with E-state index in [-0.39, 0.29) is 45.8 Å². The van der Waals surface area contributed by atoms with Crippen LogP contribution in [0, 0.1) is 0 Å². The van der Waals surface area contributed by atoms with E-state index in [0.29, 0.717) is 0 Å². The highest BCUT2D eigenvalue weighted by molar-refractivity contribution is 5.91. The van der Waals surface area contributed by atoms with Crippen LogP contribution < -0.4 is 10.2 Å². The van der Waals surface area contributed by atoms with Gasteiger partial charge in [-0.25, -0.2) is 0 Å². The molecule has 1 aromatic heterocycles. The van der Waals surface area contributed by atoms with Crippen LogP contribution in [0.3, 0.4) is 0 Å². The molecule has 0 bridgehead atoms. The number of hydrogen-bond donors (Lipinski definition) is 10. The molecule has 2 aliphatic rings. The molecule has 2 fully saturated rings. The van der Waals surface area contributed by atoms with Gasteiger partial charge in [0, 0.05) is 17.2 Å².